The molecule has 0 bridgehead atoms. The van der Waals surface area contributed by atoms with E-state index in [0.29, 0.717) is 11.5 Å². The second-order valence-corrected chi connectivity index (χ2v) is 7.95. The van der Waals surface area contributed by atoms with Gasteiger partial charge < -0.3 is 5.32 Å². The first kappa shape index (κ1) is 16.3. The molecule has 0 fully saturated rings. The molecular formula is C17H16N6O2S. The summed E-state index contributed by atoms with van der Waals surface area (Å²) in [5, 5.41) is 7.38. The molecule has 9 heteroatoms. The molecule has 0 radical (unpaired) electrons. The maximum Gasteiger partial charge on any atom is 0.180 e. The van der Waals surface area contributed by atoms with Crippen LogP contribution in [0.4, 0.5) is 11.5 Å². The van der Waals surface area contributed by atoms with Gasteiger partial charge in [0.25, 0.3) is 0 Å². The molecule has 4 aromatic rings. The van der Waals surface area contributed by atoms with Crippen LogP contribution in [0.1, 0.15) is 0 Å². The van der Waals surface area contributed by atoms with Crippen LogP contribution in [0.25, 0.3) is 16.9 Å². The molecule has 0 spiro atoms. The van der Waals surface area contributed by atoms with E-state index in [0.717, 1.165) is 16.9 Å². The fourth-order valence-corrected chi connectivity index (χ4v) is 3.33. The molecule has 132 valence electrons. The first-order valence-electron chi connectivity index (χ1n) is 7.80. The monoisotopic (exact) mass is 368 g/mol. The van der Waals surface area contributed by atoms with Gasteiger partial charge in [0, 0.05) is 43.1 Å². The summed E-state index contributed by atoms with van der Waals surface area (Å²) in [6, 6.07) is 6.52. The Morgan fingerprint density at radius 2 is 1.85 bits per heavy atom. The second-order valence-electron chi connectivity index (χ2n) is 5.94. The summed E-state index contributed by atoms with van der Waals surface area (Å²) in [6.07, 6.45) is 10.2. The van der Waals surface area contributed by atoms with E-state index in [1.807, 2.05) is 23.8 Å². The van der Waals surface area contributed by atoms with Crippen molar-refractivity contribution in [1.29, 1.82) is 0 Å². The lowest BCUT2D eigenvalue weighted by atomic mass is 10.3. The molecule has 8 nitrogen and oxygen atoms in total. The predicted octanol–water partition coefficient (Wildman–Crippen LogP) is 2.28. The van der Waals surface area contributed by atoms with Crippen LogP contribution >= 0.6 is 0 Å². The van der Waals surface area contributed by atoms with E-state index in [9.17, 15) is 8.42 Å². The maximum atomic E-state index is 11.6. The number of aryl methyl sites for hydroxylation is 1. The topological polar surface area (TPSA) is 94.2 Å². The number of nitrogens with zero attached hydrogens (tertiary/aromatic N) is 5. The molecule has 26 heavy (non-hydrogen) atoms. The number of sulfone groups is 1. The van der Waals surface area contributed by atoms with Gasteiger partial charge in [-0.2, -0.15) is 5.10 Å². The smallest absolute Gasteiger partial charge is 0.180 e. The highest BCUT2D eigenvalue weighted by atomic mass is 32.2. The second kappa shape index (κ2) is 5.95. The third kappa shape index (κ3) is 2.93. The quantitative estimate of drug-likeness (QED) is 0.594. The van der Waals surface area contributed by atoms with Gasteiger partial charge in [-0.15, -0.1) is 0 Å². The van der Waals surface area contributed by atoms with Crippen molar-refractivity contribution in [3.05, 3.63) is 55.2 Å². The van der Waals surface area contributed by atoms with Crippen LogP contribution in [0.2, 0.25) is 0 Å². The van der Waals surface area contributed by atoms with Crippen LogP contribution in [0, 0.1) is 0 Å². The molecule has 1 N–H and O–H groups in total. The van der Waals surface area contributed by atoms with Crippen LogP contribution in [-0.4, -0.2) is 38.8 Å². The molecule has 0 atom stereocenters. The molecule has 0 aliphatic rings. The summed E-state index contributed by atoms with van der Waals surface area (Å²) in [5.41, 5.74) is 3.25. The number of benzene rings is 1. The van der Waals surface area contributed by atoms with Crippen molar-refractivity contribution in [1.82, 2.24) is 24.1 Å². The van der Waals surface area contributed by atoms with Gasteiger partial charge in [0.2, 0.25) is 0 Å². The minimum atomic E-state index is -3.22. The van der Waals surface area contributed by atoms with E-state index in [-0.39, 0.29) is 4.90 Å². The van der Waals surface area contributed by atoms with E-state index in [1.54, 1.807) is 47.5 Å². The zero-order chi connectivity index (χ0) is 18.3. The van der Waals surface area contributed by atoms with E-state index in [2.05, 4.69) is 20.4 Å². The molecule has 0 unspecified atom stereocenters. The average molecular weight is 368 g/mol. The third-order valence-corrected chi connectivity index (χ3v) is 5.10. The highest BCUT2D eigenvalue weighted by Gasteiger charge is 2.12. The molecule has 0 saturated heterocycles. The van der Waals surface area contributed by atoms with Gasteiger partial charge in [-0.1, -0.05) is 0 Å². The van der Waals surface area contributed by atoms with Crippen molar-refractivity contribution >= 4 is 27.0 Å². The highest BCUT2D eigenvalue weighted by molar-refractivity contribution is 7.90. The molecule has 3 heterocycles. The first-order valence-corrected chi connectivity index (χ1v) is 9.69. The van der Waals surface area contributed by atoms with Gasteiger partial charge in [-0.3, -0.25) is 9.08 Å². The van der Waals surface area contributed by atoms with Gasteiger partial charge in [-0.05, 0) is 24.3 Å². The largest absolute Gasteiger partial charge is 0.337 e. The van der Waals surface area contributed by atoms with Crippen molar-refractivity contribution in [3.63, 3.8) is 0 Å². The molecule has 0 amide bonds. The van der Waals surface area contributed by atoms with E-state index in [4.69, 9.17) is 0 Å². The first-order chi connectivity index (χ1) is 12.4. The Labute approximate surface area is 150 Å². The number of aromatic nitrogens is 5. The molecule has 3 aromatic heterocycles. The van der Waals surface area contributed by atoms with Gasteiger partial charge >= 0.3 is 0 Å². The van der Waals surface area contributed by atoms with Crippen LogP contribution in [0.3, 0.4) is 0 Å². The van der Waals surface area contributed by atoms with E-state index < -0.39 is 9.84 Å². The summed E-state index contributed by atoms with van der Waals surface area (Å²) < 4.78 is 26.8. The maximum absolute atomic E-state index is 11.6. The van der Waals surface area contributed by atoms with E-state index >= 15 is 0 Å². The number of fused-ring (bicyclic) bond motifs is 1. The van der Waals surface area contributed by atoms with Crippen LogP contribution in [0.5, 0.6) is 0 Å². The number of rotatable bonds is 4. The SMILES string of the molecule is Cn1cc(-c2cnc3c(Nc4ccc(S(C)(=O)=O)cc4)nccn23)cn1. The molecule has 0 aliphatic carbocycles. The zero-order valence-corrected chi connectivity index (χ0v) is 15.0. The van der Waals surface area contributed by atoms with Crippen molar-refractivity contribution < 1.29 is 8.42 Å². The Bertz CT molecular complexity index is 1190. The molecular weight excluding hydrogens is 352 g/mol. The van der Waals surface area contributed by atoms with Gasteiger partial charge in [0.15, 0.2) is 21.3 Å². The fraction of sp³-hybridized carbons (Fsp3) is 0.118. The van der Waals surface area contributed by atoms with Crippen LogP contribution < -0.4 is 5.32 Å². The van der Waals surface area contributed by atoms with Crippen molar-refractivity contribution in [2.24, 2.45) is 7.05 Å². The van der Waals surface area contributed by atoms with Crippen molar-refractivity contribution in [2.75, 3.05) is 11.6 Å². The summed E-state index contributed by atoms with van der Waals surface area (Å²) in [4.78, 5) is 9.09. The van der Waals surface area contributed by atoms with Gasteiger partial charge in [-0.25, -0.2) is 18.4 Å². The van der Waals surface area contributed by atoms with Crippen LogP contribution in [0.15, 0.2) is 60.1 Å². The summed E-state index contributed by atoms with van der Waals surface area (Å²) in [6.45, 7) is 0. The Morgan fingerprint density at radius 1 is 1.08 bits per heavy atom. The van der Waals surface area contributed by atoms with Crippen molar-refractivity contribution in [2.45, 2.75) is 4.90 Å². The Balaban J connectivity index is 1.70. The number of hydrogen-bond acceptors (Lipinski definition) is 6. The standard InChI is InChI=1S/C17H16N6O2S/c1-22-11-12(9-20-22)15-10-19-17-16(18-7-8-23(15)17)21-13-3-5-14(6-4-13)26(2,24)25/h3-11H,1-2H3,(H,18,21). The number of hydrogen-bond donors (Lipinski definition) is 1. The minimum absolute atomic E-state index is 0.272. The lowest BCUT2D eigenvalue weighted by Gasteiger charge is -2.08. The fourth-order valence-electron chi connectivity index (χ4n) is 2.70. The zero-order valence-electron chi connectivity index (χ0n) is 14.2. The highest BCUT2D eigenvalue weighted by Crippen LogP contribution is 2.25. The molecule has 0 aliphatic heterocycles. The van der Waals surface area contributed by atoms with Gasteiger partial charge in [0.1, 0.15) is 0 Å². The minimum Gasteiger partial charge on any atom is -0.337 e. The molecule has 0 saturated carbocycles. The Hall–Kier alpha value is -3.20. The van der Waals surface area contributed by atoms with Gasteiger partial charge in [0.05, 0.1) is 23.0 Å². The summed E-state index contributed by atoms with van der Waals surface area (Å²) >= 11 is 0. The van der Waals surface area contributed by atoms with Crippen molar-refractivity contribution in [3.8, 4) is 11.3 Å². The number of nitrogens with one attached hydrogen (secondary N) is 1. The third-order valence-electron chi connectivity index (χ3n) is 3.97. The average Bonchev–Trinajstić information content (AvgIpc) is 3.21. The van der Waals surface area contributed by atoms with Crippen LogP contribution in [-0.2, 0) is 16.9 Å². The Kier molecular flexibility index (Phi) is 3.73. The molecule has 4 rings (SSSR count). The normalized spacial score (nSPS) is 11.8. The Morgan fingerprint density at radius 3 is 2.50 bits per heavy atom. The number of imidazole rings is 1. The predicted molar refractivity (Wildman–Crippen MR) is 98.0 cm³/mol. The number of anilines is 2. The molecule has 1 aromatic carbocycles. The summed E-state index contributed by atoms with van der Waals surface area (Å²) in [7, 11) is -1.36. The lowest BCUT2D eigenvalue weighted by molar-refractivity contribution is 0.602. The lowest BCUT2D eigenvalue weighted by Crippen LogP contribution is -2.00. The summed E-state index contributed by atoms with van der Waals surface area (Å²) in [5.74, 6) is 0.578. The van der Waals surface area contributed by atoms with E-state index in [1.165, 1.54) is 6.26 Å².